The summed E-state index contributed by atoms with van der Waals surface area (Å²) < 4.78 is 13.5. The van der Waals surface area contributed by atoms with E-state index < -0.39 is 0 Å². The second-order valence-corrected chi connectivity index (χ2v) is 16.5. The summed E-state index contributed by atoms with van der Waals surface area (Å²) in [5, 5.41) is 4.19. The highest BCUT2D eigenvalue weighted by molar-refractivity contribution is 6.17. The maximum Gasteiger partial charge on any atom is 0.159 e. The van der Waals surface area contributed by atoms with Gasteiger partial charge in [-0.15, -0.1) is 0 Å². The van der Waals surface area contributed by atoms with Crippen molar-refractivity contribution < 1.29 is 8.83 Å². The number of anilines is 3. The Hall–Kier alpha value is -7.62. The fourth-order valence-corrected chi connectivity index (χ4v) is 9.61. The Kier molecular flexibility index (Phi) is 7.58. The molecule has 2 aromatic heterocycles. The fourth-order valence-electron chi connectivity index (χ4n) is 9.61. The molecule has 1 aliphatic carbocycles. The van der Waals surface area contributed by atoms with Crippen LogP contribution >= 0.6 is 0 Å². The molecule has 60 heavy (non-hydrogen) atoms. The van der Waals surface area contributed by atoms with Crippen LogP contribution in [0.15, 0.2) is 209 Å². The van der Waals surface area contributed by atoms with Crippen molar-refractivity contribution in [3.63, 3.8) is 0 Å². The van der Waals surface area contributed by atoms with Crippen LogP contribution in [0.4, 0.5) is 17.1 Å². The topological polar surface area (TPSA) is 29.5 Å². The van der Waals surface area contributed by atoms with Crippen LogP contribution in [0.5, 0.6) is 0 Å². The van der Waals surface area contributed by atoms with Gasteiger partial charge >= 0.3 is 0 Å². The summed E-state index contributed by atoms with van der Waals surface area (Å²) in [6.45, 7) is 4.68. The van der Waals surface area contributed by atoms with Gasteiger partial charge in [0, 0.05) is 38.3 Å². The molecule has 284 valence electrons. The Morgan fingerprint density at radius 3 is 1.68 bits per heavy atom. The van der Waals surface area contributed by atoms with Crippen molar-refractivity contribution in [3.8, 4) is 44.5 Å². The number of fused-ring (bicyclic) bond motifs is 9. The molecule has 0 amide bonds. The second kappa shape index (κ2) is 13.2. The molecule has 0 atom stereocenters. The lowest BCUT2D eigenvalue weighted by molar-refractivity contribution is 0.660. The van der Waals surface area contributed by atoms with Gasteiger partial charge in [0.05, 0.1) is 5.69 Å². The Morgan fingerprint density at radius 1 is 0.350 bits per heavy atom. The number of hydrogen-bond acceptors (Lipinski definition) is 3. The molecule has 9 aromatic carbocycles. The van der Waals surface area contributed by atoms with Gasteiger partial charge in [-0.2, -0.15) is 0 Å². The summed E-state index contributed by atoms with van der Waals surface area (Å²) in [5.41, 5.74) is 18.6. The highest BCUT2D eigenvalue weighted by atomic mass is 16.3. The minimum absolute atomic E-state index is 0.154. The van der Waals surface area contributed by atoms with Crippen molar-refractivity contribution in [2.75, 3.05) is 4.90 Å². The van der Waals surface area contributed by atoms with E-state index in [2.05, 4.69) is 219 Å². The first-order valence-corrected chi connectivity index (χ1v) is 20.7. The summed E-state index contributed by atoms with van der Waals surface area (Å²) in [6, 6.07) is 71.8. The number of benzene rings is 9. The van der Waals surface area contributed by atoms with Crippen LogP contribution in [0.2, 0.25) is 0 Å². The van der Waals surface area contributed by atoms with Gasteiger partial charge in [-0.3, -0.25) is 0 Å². The summed E-state index contributed by atoms with van der Waals surface area (Å²) in [5.74, 6) is 0. The third-order valence-electron chi connectivity index (χ3n) is 12.7. The van der Waals surface area contributed by atoms with Crippen LogP contribution in [0.1, 0.15) is 25.0 Å². The number of nitrogens with zero attached hydrogens (tertiary/aromatic N) is 1. The number of rotatable bonds is 6. The molecule has 0 radical (unpaired) electrons. The zero-order valence-electron chi connectivity index (χ0n) is 33.3. The van der Waals surface area contributed by atoms with Crippen LogP contribution in [-0.4, -0.2) is 0 Å². The Bertz CT molecular complexity index is 3450. The molecule has 1 aliphatic rings. The van der Waals surface area contributed by atoms with Crippen LogP contribution < -0.4 is 4.90 Å². The Labute approximate surface area is 348 Å². The molecule has 0 fully saturated rings. The molecule has 0 saturated carbocycles. The van der Waals surface area contributed by atoms with Crippen molar-refractivity contribution in [1.29, 1.82) is 0 Å². The van der Waals surface area contributed by atoms with Gasteiger partial charge in [0.1, 0.15) is 16.7 Å². The second-order valence-electron chi connectivity index (χ2n) is 16.5. The van der Waals surface area contributed by atoms with Gasteiger partial charge < -0.3 is 13.7 Å². The zero-order valence-corrected chi connectivity index (χ0v) is 33.3. The smallest absolute Gasteiger partial charge is 0.159 e. The normalized spacial score (nSPS) is 13.0. The lowest BCUT2D eigenvalue weighted by Crippen LogP contribution is -2.16. The van der Waals surface area contributed by atoms with Crippen LogP contribution in [0, 0.1) is 0 Å². The molecule has 0 aliphatic heterocycles. The van der Waals surface area contributed by atoms with Gasteiger partial charge in [-0.25, -0.2) is 0 Å². The van der Waals surface area contributed by atoms with Crippen LogP contribution in [0.25, 0.3) is 88.4 Å². The predicted molar refractivity (Wildman–Crippen MR) is 250 cm³/mol. The average Bonchev–Trinajstić information content (AvgIpc) is 3.93. The van der Waals surface area contributed by atoms with E-state index in [4.69, 9.17) is 8.83 Å². The molecule has 11 aromatic rings. The molecular weight excluding hydrogens is 731 g/mol. The molecule has 12 rings (SSSR count). The minimum atomic E-state index is -0.154. The summed E-state index contributed by atoms with van der Waals surface area (Å²) in [4.78, 5) is 2.37. The van der Waals surface area contributed by atoms with Crippen molar-refractivity contribution in [3.05, 3.63) is 211 Å². The minimum Gasteiger partial charge on any atom is -0.456 e. The van der Waals surface area contributed by atoms with E-state index in [1.165, 1.54) is 38.9 Å². The van der Waals surface area contributed by atoms with E-state index in [0.29, 0.717) is 0 Å². The number of hydrogen-bond donors (Lipinski definition) is 0. The van der Waals surface area contributed by atoms with Gasteiger partial charge in [-0.1, -0.05) is 159 Å². The standard InChI is InChI=1S/C57H39NO2/c1-57(2)50-21-10-9-19-44(50)45-29-28-43(33-51(45)57)58(42-18-11-17-40(31-42)39-25-23-38(24-26-39)36-13-5-3-6-14-36)52-22-12-20-46-48-34-54-49(35-55(48)60-56(46)52)47-32-41(27-30-53(47)59-54)37-15-7-4-8-16-37/h3-35H,1-2H3. The first-order valence-electron chi connectivity index (χ1n) is 20.7. The molecule has 0 N–H and O–H groups in total. The monoisotopic (exact) mass is 769 g/mol. The molecule has 3 heteroatoms. The van der Waals surface area contributed by atoms with Crippen molar-refractivity contribution in [1.82, 2.24) is 0 Å². The Morgan fingerprint density at radius 2 is 0.900 bits per heavy atom. The average molecular weight is 770 g/mol. The first-order chi connectivity index (χ1) is 29.5. The van der Waals surface area contributed by atoms with E-state index in [9.17, 15) is 0 Å². The number of para-hydroxylation sites is 1. The molecule has 0 saturated heterocycles. The SMILES string of the molecule is CC1(C)c2ccccc2-c2ccc(N(c3cccc(-c4ccc(-c5ccccc5)cc4)c3)c3cccc4c3oc3cc5c(cc34)oc3ccc(-c4ccccc4)cc35)cc21. The maximum atomic E-state index is 7.02. The quantitative estimate of drug-likeness (QED) is 0.169. The van der Waals surface area contributed by atoms with Crippen molar-refractivity contribution in [2.24, 2.45) is 0 Å². The van der Waals surface area contributed by atoms with E-state index in [-0.39, 0.29) is 5.41 Å². The molecular formula is C57H39NO2. The van der Waals surface area contributed by atoms with Crippen molar-refractivity contribution in [2.45, 2.75) is 19.3 Å². The maximum absolute atomic E-state index is 7.02. The van der Waals surface area contributed by atoms with Gasteiger partial charge in [-0.05, 0) is 110 Å². The first kappa shape index (κ1) is 34.4. The molecule has 0 unspecified atom stereocenters. The predicted octanol–water partition coefficient (Wildman–Crippen LogP) is 16.3. The molecule has 3 nitrogen and oxygen atoms in total. The molecule has 0 spiro atoms. The van der Waals surface area contributed by atoms with Crippen LogP contribution in [-0.2, 0) is 5.41 Å². The summed E-state index contributed by atoms with van der Waals surface area (Å²) >= 11 is 0. The largest absolute Gasteiger partial charge is 0.456 e. The fraction of sp³-hybridized carbons (Fsp3) is 0.0526. The van der Waals surface area contributed by atoms with Gasteiger partial charge in [0.15, 0.2) is 5.58 Å². The van der Waals surface area contributed by atoms with E-state index in [0.717, 1.165) is 77.6 Å². The lowest BCUT2D eigenvalue weighted by atomic mass is 9.82. The Balaban J connectivity index is 1.03. The van der Waals surface area contributed by atoms with E-state index in [1.807, 2.05) is 0 Å². The summed E-state index contributed by atoms with van der Waals surface area (Å²) in [6.07, 6.45) is 0. The third-order valence-corrected chi connectivity index (χ3v) is 12.7. The molecule has 0 bridgehead atoms. The number of furan rings is 2. The zero-order chi connectivity index (χ0) is 40.0. The molecule has 2 heterocycles. The van der Waals surface area contributed by atoms with Crippen molar-refractivity contribution >= 4 is 60.9 Å². The van der Waals surface area contributed by atoms with E-state index in [1.54, 1.807) is 0 Å². The van der Waals surface area contributed by atoms with Gasteiger partial charge in [0.25, 0.3) is 0 Å². The van der Waals surface area contributed by atoms with Crippen LogP contribution in [0.3, 0.4) is 0 Å². The highest BCUT2D eigenvalue weighted by Gasteiger charge is 2.36. The lowest BCUT2D eigenvalue weighted by Gasteiger charge is -2.28. The van der Waals surface area contributed by atoms with Gasteiger partial charge in [0.2, 0.25) is 0 Å². The third kappa shape index (κ3) is 5.36. The summed E-state index contributed by atoms with van der Waals surface area (Å²) in [7, 11) is 0. The van der Waals surface area contributed by atoms with E-state index >= 15 is 0 Å². The highest BCUT2D eigenvalue weighted by Crippen LogP contribution is 2.52.